The number of hydrogen-bond donors (Lipinski definition) is 0. The average molecular weight is 311 g/mol. The van der Waals surface area contributed by atoms with E-state index in [9.17, 15) is 13.2 Å². The molecule has 3 aromatic rings. The van der Waals surface area contributed by atoms with Crippen molar-refractivity contribution in [3.05, 3.63) is 52.7 Å². The molecule has 0 unspecified atom stereocenters. The first-order chi connectivity index (χ1) is 10.6. The number of benzene rings is 2. The van der Waals surface area contributed by atoms with E-state index in [0.717, 1.165) is 10.6 Å². The van der Waals surface area contributed by atoms with Crippen LogP contribution in [0.4, 0.5) is 0 Å². The Morgan fingerprint density at radius 2 is 1.80 bits per heavy atom. The predicted octanol–water partition coefficient (Wildman–Crippen LogP) is 2.62. The zero-order valence-corrected chi connectivity index (χ0v) is 11.6. The van der Waals surface area contributed by atoms with Gasteiger partial charge in [0.15, 0.2) is 5.43 Å². The Labute approximate surface area is 123 Å². The third-order valence-corrected chi connectivity index (χ3v) is 4.48. The van der Waals surface area contributed by atoms with Crippen LogP contribution in [0, 0.1) is 0 Å². The van der Waals surface area contributed by atoms with E-state index >= 15 is 0 Å². The van der Waals surface area contributed by atoms with Crippen LogP contribution in [0.1, 0.15) is 4.11 Å². The van der Waals surface area contributed by atoms with E-state index in [2.05, 4.69) is 0 Å². The number of aromatic nitrogens is 1. The summed E-state index contributed by atoms with van der Waals surface area (Å²) >= 11 is 0. The Bertz CT molecular complexity index is 1100. The van der Waals surface area contributed by atoms with Gasteiger partial charge in [-0.25, -0.2) is 8.42 Å². The number of pyridine rings is 1. The summed E-state index contributed by atoms with van der Waals surface area (Å²) in [6.45, 7) is -2.53. The number of para-hydroxylation sites is 1. The minimum atomic E-state index is -4.03. The Balaban J connectivity index is 2.62. The first-order valence-corrected chi connectivity index (χ1v) is 7.94. The SMILES string of the molecule is [2H]C([2H])([2H])n1c2ccccc2c(=O)c2cc(S(=O)(=O)Cl)ccc21. The normalized spacial score (nSPS) is 14.9. The highest BCUT2D eigenvalue weighted by atomic mass is 35.7. The summed E-state index contributed by atoms with van der Waals surface area (Å²) in [6.07, 6.45) is 0. The fourth-order valence-corrected chi connectivity index (χ4v) is 2.96. The molecule has 0 aliphatic heterocycles. The first kappa shape index (κ1) is 9.96. The van der Waals surface area contributed by atoms with Crippen LogP contribution in [0.25, 0.3) is 21.8 Å². The minimum Gasteiger partial charge on any atom is -0.343 e. The lowest BCUT2D eigenvalue weighted by Crippen LogP contribution is -2.09. The molecule has 0 bridgehead atoms. The van der Waals surface area contributed by atoms with Crippen molar-refractivity contribution in [1.29, 1.82) is 0 Å². The Morgan fingerprint density at radius 1 is 1.10 bits per heavy atom. The largest absolute Gasteiger partial charge is 0.343 e. The summed E-state index contributed by atoms with van der Waals surface area (Å²) in [5, 5.41) is 0.182. The Hall–Kier alpha value is -1.85. The first-order valence-electron chi connectivity index (χ1n) is 7.13. The fourth-order valence-electron chi connectivity index (χ4n) is 2.18. The van der Waals surface area contributed by atoms with Crippen molar-refractivity contribution in [2.45, 2.75) is 4.90 Å². The van der Waals surface area contributed by atoms with E-state index in [1.54, 1.807) is 12.1 Å². The second kappa shape index (κ2) is 4.33. The van der Waals surface area contributed by atoms with Gasteiger partial charge in [-0.2, -0.15) is 0 Å². The van der Waals surface area contributed by atoms with Gasteiger partial charge in [-0.15, -0.1) is 0 Å². The molecule has 102 valence electrons. The molecule has 0 saturated heterocycles. The maximum atomic E-state index is 12.6. The van der Waals surface area contributed by atoms with Crippen LogP contribution >= 0.6 is 10.7 Å². The van der Waals surface area contributed by atoms with Gasteiger partial charge >= 0.3 is 0 Å². The molecule has 0 fully saturated rings. The van der Waals surface area contributed by atoms with Gasteiger partial charge in [-0.05, 0) is 30.3 Å². The zero-order valence-electron chi connectivity index (χ0n) is 13.0. The summed E-state index contributed by atoms with van der Waals surface area (Å²) in [7, 11) is 1.28. The Kier molecular flexibility index (Phi) is 2.16. The molecule has 0 saturated carbocycles. The minimum absolute atomic E-state index is 0.0125. The molecule has 3 rings (SSSR count). The molecule has 1 heterocycles. The van der Waals surface area contributed by atoms with E-state index in [1.165, 1.54) is 24.3 Å². The summed E-state index contributed by atoms with van der Waals surface area (Å²) in [4.78, 5) is 12.4. The number of aryl methyl sites for hydroxylation is 1. The van der Waals surface area contributed by atoms with Crippen LogP contribution in [-0.2, 0) is 16.0 Å². The molecular formula is C14H10ClNO3S. The summed E-state index contributed by atoms with van der Waals surface area (Å²) in [5.74, 6) is 0. The molecule has 0 radical (unpaired) electrons. The highest BCUT2D eigenvalue weighted by molar-refractivity contribution is 8.13. The van der Waals surface area contributed by atoms with Gasteiger partial charge in [0.1, 0.15) is 0 Å². The number of halogens is 1. The summed E-state index contributed by atoms with van der Waals surface area (Å²) in [5.41, 5.74) is -0.0671. The van der Waals surface area contributed by atoms with Gasteiger partial charge in [0.25, 0.3) is 9.05 Å². The highest BCUT2D eigenvalue weighted by Crippen LogP contribution is 2.22. The number of nitrogens with zero attached hydrogens (tertiary/aromatic N) is 1. The predicted molar refractivity (Wildman–Crippen MR) is 79.7 cm³/mol. The van der Waals surface area contributed by atoms with Gasteiger partial charge in [0.05, 0.1) is 15.9 Å². The van der Waals surface area contributed by atoms with Gasteiger partial charge in [-0.1, -0.05) is 12.1 Å². The van der Waals surface area contributed by atoms with Crippen LogP contribution in [0.15, 0.2) is 52.2 Å². The average Bonchev–Trinajstić information content (AvgIpc) is 2.45. The van der Waals surface area contributed by atoms with E-state index in [0.29, 0.717) is 0 Å². The van der Waals surface area contributed by atoms with Crippen molar-refractivity contribution in [1.82, 2.24) is 4.57 Å². The monoisotopic (exact) mass is 310 g/mol. The second-order valence-electron chi connectivity index (χ2n) is 4.30. The van der Waals surface area contributed by atoms with Crippen molar-refractivity contribution >= 4 is 41.5 Å². The zero-order chi connectivity index (χ0) is 17.0. The quantitative estimate of drug-likeness (QED) is 0.513. The topological polar surface area (TPSA) is 56.1 Å². The smallest absolute Gasteiger partial charge is 0.261 e. The standard InChI is InChI=1S/C14H10ClNO3S/c1-16-12-5-3-2-4-10(12)14(17)11-8-9(20(15,18)19)6-7-13(11)16/h2-8H,1H3/i1D3. The van der Waals surface area contributed by atoms with Crippen molar-refractivity contribution in [2.24, 2.45) is 6.98 Å². The van der Waals surface area contributed by atoms with Gasteiger partial charge in [0.2, 0.25) is 0 Å². The van der Waals surface area contributed by atoms with E-state index in [4.69, 9.17) is 14.8 Å². The molecule has 0 atom stereocenters. The third-order valence-electron chi connectivity index (χ3n) is 3.12. The van der Waals surface area contributed by atoms with E-state index in [-0.39, 0.29) is 26.7 Å². The van der Waals surface area contributed by atoms with Crippen molar-refractivity contribution in [2.75, 3.05) is 0 Å². The summed E-state index contributed by atoms with van der Waals surface area (Å²) in [6, 6.07) is 9.85. The lowest BCUT2D eigenvalue weighted by molar-refractivity contribution is 0.609. The van der Waals surface area contributed by atoms with Crippen LogP contribution in [0.3, 0.4) is 0 Å². The molecule has 6 heteroatoms. The second-order valence-corrected chi connectivity index (χ2v) is 6.86. The lowest BCUT2D eigenvalue weighted by Gasteiger charge is -2.10. The lowest BCUT2D eigenvalue weighted by atomic mass is 10.1. The molecule has 2 aromatic carbocycles. The van der Waals surface area contributed by atoms with Crippen molar-refractivity contribution in [3.8, 4) is 0 Å². The maximum Gasteiger partial charge on any atom is 0.261 e. The van der Waals surface area contributed by atoms with Gasteiger partial charge < -0.3 is 4.57 Å². The third kappa shape index (κ3) is 1.90. The molecule has 0 amide bonds. The van der Waals surface area contributed by atoms with E-state index < -0.39 is 21.5 Å². The molecule has 0 N–H and O–H groups in total. The number of rotatable bonds is 1. The van der Waals surface area contributed by atoms with E-state index in [1.807, 2.05) is 0 Å². The Morgan fingerprint density at radius 3 is 2.50 bits per heavy atom. The van der Waals surface area contributed by atoms with Crippen LogP contribution in [0.2, 0.25) is 0 Å². The van der Waals surface area contributed by atoms with Crippen molar-refractivity contribution in [3.63, 3.8) is 0 Å². The van der Waals surface area contributed by atoms with Crippen LogP contribution in [-0.4, -0.2) is 13.0 Å². The molecular weight excluding hydrogens is 298 g/mol. The van der Waals surface area contributed by atoms with Gasteiger partial charge in [0, 0.05) is 32.5 Å². The number of fused-ring (bicyclic) bond motifs is 2. The molecule has 0 aliphatic rings. The van der Waals surface area contributed by atoms with Crippen LogP contribution < -0.4 is 5.43 Å². The molecule has 20 heavy (non-hydrogen) atoms. The molecule has 0 aliphatic carbocycles. The highest BCUT2D eigenvalue weighted by Gasteiger charge is 2.14. The molecule has 4 nitrogen and oxygen atoms in total. The van der Waals surface area contributed by atoms with Gasteiger partial charge in [-0.3, -0.25) is 4.79 Å². The molecule has 1 aromatic heterocycles. The number of hydrogen-bond acceptors (Lipinski definition) is 3. The van der Waals surface area contributed by atoms with Crippen molar-refractivity contribution < 1.29 is 12.5 Å². The summed E-state index contributed by atoms with van der Waals surface area (Å²) < 4.78 is 47.2. The molecule has 0 spiro atoms. The maximum absolute atomic E-state index is 12.6. The fraction of sp³-hybridized carbons (Fsp3) is 0.0714. The van der Waals surface area contributed by atoms with Crippen LogP contribution in [0.5, 0.6) is 0 Å².